The van der Waals surface area contributed by atoms with E-state index >= 15 is 0 Å². The number of aromatic hydroxyl groups is 1. The smallest absolute Gasteiger partial charge is 0.225 e. The number of carbonyl (C=O) groups is 1. The number of rotatable bonds is 3. The van der Waals surface area contributed by atoms with Gasteiger partial charge in [0.05, 0.1) is 12.5 Å². The highest BCUT2D eigenvalue weighted by atomic mass is 79.9. The molecule has 3 nitrogen and oxygen atoms in total. The lowest BCUT2D eigenvalue weighted by atomic mass is 10.1. The maximum absolute atomic E-state index is 12.2. The molecule has 1 aliphatic carbocycles. The summed E-state index contributed by atoms with van der Waals surface area (Å²) < 4.78 is 0. The maximum atomic E-state index is 12.2. The average Bonchev–Trinajstić information content (AvgIpc) is 2.78. The van der Waals surface area contributed by atoms with Gasteiger partial charge in [-0.1, -0.05) is 58.4 Å². The Kier molecular flexibility index (Phi) is 3.97. The van der Waals surface area contributed by atoms with Gasteiger partial charge in [0.15, 0.2) is 0 Å². The van der Waals surface area contributed by atoms with Crippen molar-refractivity contribution >= 4 is 21.8 Å². The molecule has 2 N–H and O–H groups in total. The zero-order valence-corrected chi connectivity index (χ0v) is 13.0. The summed E-state index contributed by atoms with van der Waals surface area (Å²) in [7, 11) is 0. The van der Waals surface area contributed by atoms with E-state index in [-0.39, 0.29) is 28.9 Å². The van der Waals surface area contributed by atoms with Gasteiger partial charge in [-0.15, -0.1) is 0 Å². The van der Waals surface area contributed by atoms with Crippen molar-refractivity contribution in [1.82, 2.24) is 5.32 Å². The molecule has 21 heavy (non-hydrogen) atoms. The van der Waals surface area contributed by atoms with Crippen molar-refractivity contribution in [2.75, 3.05) is 0 Å². The Morgan fingerprint density at radius 1 is 1.19 bits per heavy atom. The van der Waals surface area contributed by atoms with Crippen LogP contribution < -0.4 is 5.32 Å². The molecule has 0 fully saturated rings. The van der Waals surface area contributed by atoms with E-state index in [1.807, 2.05) is 18.2 Å². The van der Waals surface area contributed by atoms with Gasteiger partial charge in [-0.3, -0.25) is 4.79 Å². The molecule has 2 atom stereocenters. The fourth-order valence-electron chi connectivity index (χ4n) is 2.77. The number of alkyl halides is 1. The SMILES string of the molecule is O=C(Cc1ccccc1O)NC1c2ccccc2CC1Br. The highest BCUT2D eigenvalue weighted by Gasteiger charge is 2.31. The summed E-state index contributed by atoms with van der Waals surface area (Å²) in [5, 5.41) is 12.8. The third-order valence-corrected chi connectivity index (χ3v) is 4.68. The molecule has 1 aliphatic rings. The molecule has 2 unspecified atom stereocenters. The van der Waals surface area contributed by atoms with E-state index in [1.54, 1.807) is 18.2 Å². The molecule has 1 amide bonds. The van der Waals surface area contributed by atoms with Crippen molar-refractivity contribution in [1.29, 1.82) is 0 Å². The molecule has 0 saturated carbocycles. The van der Waals surface area contributed by atoms with Gasteiger partial charge in [-0.05, 0) is 23.6 Å². The molecule has 2 aromatic carbocycles. The van der Waals surface area contributed by atoms with Crippen molar-refractivity contribution < 1.29 is 9.90 Å². The number of benzene rings is 2. The first-order chi connectivity index (χ1) is 10.1. The molecule has 2 aromatic rings. The third-order valence-electron chi connectivity index (χ3n) is 3.83. The molecule has 0 saturated heterocycles. The fraction of sp³-hybridized carbons (Fsp3) is 0.235. The Balaban J connectivity index is 1.72. The zero-order valence-electron chi connectivity index (χ0n) is 11.4. The molecule has 0 radical (unpaired) electrons. The summed E-state index contributed by atoms with van der Waals surface area (Å²) in [6.45, 7) is 0. The van der Waals surface area contributed by atoms with Gasteiger partial charge in [0.2, 0.25) is 5.91 Å². The van der Waals surface area contributed by atoms with Crippen molar-refractivity contribution in [2.24, 2.45) is 0 Å². The topological polar surface area (TPSA) is 49.3 Å². The van der Waals surface area contributed by atoms with Crippen LogP contribution in [0, 0.1) is 0 Å². The van der Waals surface area contributed by atoms with Crippen LogP contribution in [-0.4, -0.2) is 15.8 Å². The first-order valence-electron chi connectivity index (χ1n) is 6.93. The van der Waals surface area contributed by atoms with E-state index in [0.29, 0.717) is 5.56 Å². The molecule has 108 valence electrons. The van der Waals surface area contributed by atoms with Crippen LogP contribution in [0.4, 0.5) is 0 Å². The number of amides is 1. The molecule has 0 heterocycles. The Labute approximate surface area is 132 Å². The van der Waals surface area contributed by atoms with Crippen LogP contribution in [0.1, 0.15) is 22.7 Å². The zero-order chi connectivity index (χ0) is 14.8. The summed E-state index contributed by atoms with van der Waals surface area (Å²) in [6, 6.07) is 15.1. The number of para-hydroxylation sites is 1. The van der Waals surface area contributed by atoms with E-state index in [1.165, 1.54) is 11.1 Å². The van der Waals surface area contributed by atoms with E-state index in [9.17, 15) is 9.90 Å². The van der Waals surface area contributed by atoms with Gasteiger partial charge in [0.1, 0.15) is 5.75 Å². The molecule has 3 rings (SSSR count). The molecule has 0 aliphatic heterocycles. The van der Waals surface area contributed by atoms with Gasteiger partial charge < -0.3 is 10.4 Å². The summed E-state index contributed by atoms with van der Waals surface area (Å²) in [6.07, 6.45) is 1.10. The first-order valence-corrected chi connectivity index (χ1v) is 7.85. The van der Waals surface area contributed by atoms with Gasteiger partial charge in [-0.2, -0.15) is 0 Å². The quantitative estimate of drug-likeness (QED) is 0.839. The van der Waals surface area contributed by atoms with Crippen LogP contribution in [0.15, 0.2) is 48.5 Å². The fourth-order valence-corrected chi connectivity index (χ4v) is 3.54. The number of halogens is 1. The second-order valence-electron chi connectivity index (χ2n) is 5.27. The maximum Gasteiger partial charge on any atom is 0.225 e. The molecule has 4 heteroatoms. The highest BCUT2D eigenvalue weighted by Crippen LogP contribution is 2.35. The number of carbonyl (C=O) groups excluding carboxylic acids is 1. The number of nitrogens with one attached hydrogen (secondary N) is 1. The first kappa shape index (κ1) is 14.1. The minimum absolute atomic E-state index is 0.0143. The molecule has 0 aromatic heterocycles. The predicted molar refractivity (Wildman–Crippen MR) is 85.6 cm³/mol. The lowest BCUT2D eigenvalue weighted by molar-refractivity contribution is -0.121. The molecule has 0 bridgehead atoms. The van der Waals surface area contributed by atoms with E-state index in [2.05, 4.69) is 33.4 Å². The number of hydrogen-bond donors (Lipinski definition) is 2. The number of phenolic OH excluding ortho intramolecular Hbond substituents is 1. The number of phenols is 1. The Bertz CT molecular complexity index is 671. The molecular weight excluding hydrogens is 330 g/mol. The Morgan fingerprint density at radius 3 is 2.71 bits per heavy atom. The van der Waals surface area contributed by atoms with E-state index in [0.717, 1.165) is 6.42 Å². The minimum atomic E-state index is -0.0809. The standard InChI is InChI=1S/C17H16BrNO2/c18-14-9-11-5-1-3-7-13(11)17(14)19-16(21)10-12-6-2-4-8-15(12)20/h1-8,14,17,20H,9-10H2,(H,19,21). The summed E-state index contributed by atoms with van der Waals surface area (Å²) in [4.78, 5) is 12.4. The van der Waals surface area contributed by atoms with Gasteiger partial charge >= 0.3 is 0 Å². The van der Waals surface area contributed by atoms with Crippen molar-refractivity contribution in [3.8, 4) is 5.75 Å². The van der Waals surface area contributed by atoms with E-state index < -0.39 is 0 Å². The highest BCUT2D eigenvalue weighted by molar-refractivity contribution is 9.09. The van der Waals surface area contributed by atoms with Crippen molar-refractivity contribution in [3.63, 3.8) is 0 Å². The van der Waals surface area contributed by atoms with Crippen LogP contribution in [0.25, 0.3) is 0 Å². The van der Waals surface area contributed by atoms with Gasteiger partial charge in [0, 0.05) is 10.4 Å². The monoisotopic (exact) mass is 345 g/mol. The normalized spacial score (nSPS) is 20.0. The third kappa shape index (κ3) is 2.95. The number of fused-ring (bicyclic) bond motifs is 1. The van der Waals surface area contributed by atoms with Crippen LogP contribution >= 0.6 is 15.9 Å². The van der Waals surface area contributed by atoms with Crippen LogP contribution in [0.5, 0.6) is 5.75 Å². The van der Waals surface area contributed by atoms with Crippen molar-refractivity contribution in [3.05, 3.63) is 65.2 Å². The second kappa shape index (κ2) is 5.90. The van der Waals surface area contributed by atoms with E-state index in [4.69, 9.17) is 0 Å². The summed E-state index contributed by atoms with van der Waals surface area (Å²) in [5.74, 6) is 0.0810. The summed E-state index contributed by atoms with van der Waals surface area (Å²) in [5.41, 5.74) is 3.09. The Hall–Kier alpha value is -1.81. The number of hydrogen-bond acceptors (Lipinski definition) is 2. The predicted octanol–water partition coefficient (Wildman–Crippen LogP) is 3.11. The van der Waals surface area contributed by atoms with Crippen LogP contribution in [0.3, 0.4) is 0 Å². The summed E-state index contributed by atoms with van der Waals surface area (Å²) >= 11 is 3.65. The van der Waals surface area contributed by atoms with Gasteiger partial charge in [-0.25, -0.2) is 0 Å². The molecular formula is C17H16BrNO2. The minimum Gasteiger partial charge on any atom is -0.508 e. The van der Waals surface area contributed by atoms with Crippen LogP contribution in [-0.2, 0) is 17.6 Å². The second-order valence-corrected chi connectivity index (χ2v) is 6.45. The molecule has 0 spiro atoms. The average molecular weight is 346 g/mol. The van der Waals surface area contributed by atoms with Crippen LogP contribution in [0.2, 0.25) is 0 Å². The van der Waals surface area contributed by atoms with Crippen molar-refractivity contribution in [2.45, 2.75) is 23.7 Å². The van der Waals surface area contributed by atoms with Gasteiger partial charge in [0.25, 0.3) is 0 Å². The lowest BCUT2D eigenvalue weighted by Gasteiger charge is -2.18. The largest absolute Gasteiger partial charge is 0.508 e. The Morgan fingerprint density at radius 2 is 1.90 bits per heavy atom. The lowest BCUT2D eigenvalue weighted by Crippen LogP contribution is -2.32.